The molecule has 6 nitrogen and oxygen atoms in total. The minimum Gasteiger partial charge on any atom is -0.390 e. The van der Waals surface area contributed by atoms with Crippen LogP contribution in [0.25, 0.3) is 0 Å². The minimum atomic E-state index is -0.664. The second kappa shape index (κ2) is 8.23. The molecule has 2 heterocycles. The summed E-state index contributed by atoms with van der Waals surface area (Å²) in [5, 5.41) is 9.84. The SMILES string of the molecule is Cn1ccnc1CN1CCN(C(=O)c2ccc(CCC(C)(C)O)cc2)CC1. The molecule has 146 valence electrons. The van der Waals surface area contributed by atoms with Crippen molar-refractivity contribution < 1.29 is 9.90 Å². The van der Waals surface area contributed by atoms with Crippen molar-refractivity contribution in [2.24, 2.45) is 7.05 Å². The first kappa shape index (κ1) is 19.6. The van der Waals surface area contributed by atoms with E-state index in [1.165, 1.54) is 0 Å². The number of amides is 1. The van der Waals surface area contributed by atoms with E-state index in [4.69, 9.17) is 0 Å². The largest absolute Gasteiger partial charge is 0.390 e. The monoisotopic (exact) mass is 370 g/mol. The number of imidazole rings is 1. The third-order valence-corrected chi connectivity index (χ3v) is 5.17. The van der Waals surface area contributed by atoms with Crippen LogP contribution >= 0.6 is 0 Å². The van der Waals surface area contributed by atoms with Gasteiger partial charge in [-0.1, -0.05) is 12.1 Å². The number of aliphatic hydroxyl groups is 1. The molecule has 0 unspecified atom stereocenters. The second-order valence-electron chi connectivity index (χ2n) is 8.03. The van der Waals surface area contributed by atoms with Crippen LogP contribution in [0.3, 0.4) is 0 Å². The van der Waals surface area contributed by atoms with Crippen molar-refractivity contribution in [2.45, 2.75) is 38.8 Å². The average Bonchev–Trinajstić information content (AvgIpc) is 3.04. The van der Waals surface area contributed by atoms with Crippen LogP contribution in [-0.2, 0) is 20.0 Å². The van der Waals surface area contributed by atoms with Crippen LogP contribution < -0.4 is 0 Å². The van der Waals surface area contributed by atoms with Gasteiger partial charge in [0.05, 0.1) is 12.1 Å². The molecule has 0 atom stereocenters. The highest BCUT2D eigenvalue weighted by Crippen LogP contribution is 2.16. The zero-order valence-corrected chi connectivity index (χ0v) is 16.6. The van der Waals surface area contributed by atoms with Crippen molar-refractivity contribution in [3.05, 3.63) is 53.6 Å². The maximum atomic E-state index is 12.8. The van der Waals surface area contributed by atoms with E-state index in [1.54, 1.807) is 0 Å². The summed E-state index contributed by atoms with van der Waals surface area (Å²) >= 11 is 0. The molecule has 0 bridgehead atoms. The highest BCUT2D eigenvalue weighted by molar-refractivity contribution is 5.94. The first-order chi connectivity index (χ1) is 12.8. The number of benzene rings is 1. The van der Waals surface area contributed by atoms with Crippen molar-refractivity contribution in [3.8, 4) is 0 Å². The Bertz CT molecular complexity index is 753. The van der Waals surface area contributed by atoms with Crippen molar-refractivity contribution in [1.82, 2.24) is 19.4 Å². The van der Waals surface area contributed by atoms with E-state index in [2.05, 4.69) is 9.88 Å². The number of piperazine rings is 1. The highest BCUT2D eigenvalue weighted by Gasteiger charge is 2.23. The molecule has 27 heavy (non-hydrogen) atoms. The molecule has 0 radical (unpaired) electrons. The van der Waals surface area contributed by atoms with E-state index in [0.29, 0.717) is 6.42 Å². The van der Waals surface area contributed by atoms with E-state index >= 15 is 0 Å². The topological polar surface area (TPSA) is 61.6 Å². The lowest BCUT2D eigenvalue weighted by molar-refractivity contribution is 0.0623. The van der Waals surface area contributed by atoms with Gasteiger partial charge in [0.1, 0.15) is 5.82 Å². The number of carbonyl (C=O) groups excluding carboxylic acids is 1. The van der Waals surface area contributed by atoms with Crippen molar-refractivity contribution in [1.29, 1.82) is 0 Å². The molecular weight excluding hydrogens is 340 g/mol. The van der Waals surface area contributed by atoms with Gasteiger partial charge in [0.15, 0.2) is 0 Å². The number of nitrogens with zero attached hydrogens (tertiary/aromatic N) is 4. The number of carbonyl (C=O) groups is 1. The van der Waals surface area contributed by atoms with Crippen LogP contribution in [0, 0.1) is 0 Å². The van der Waals surface area contributed by atoms with Crippen LogP contribution in [0.2, 0.25) is 0 Å². The first-order valence-electron chi connectivity index (χ1n) is 9.61. The number of aryl methyl sites for hydroxylation is 2. The Kier molecular flexibility index (Phi) is 5.97. The standard InChI is InChI=1S/C21H30N4O2/c1-21(2,27)9-8-17-4-6-18(7-5-17)20(26)25-14-12-24(13-15-25)16-19-22-10-11-23(19)3/h4-7,10-11,27H,8-9,12-16H2,1-3H3. The highest BCUT2D eigenvalue weighted by atomic mass is 16.3. The summed E-state index contributed by atoms with van der Waals surface area (Å²) < 4.78 is 2.04. The fourth-order valence-corrected chi connectivity index (χ4v) is 3.30. The molecule has 1 N–H and O–H groups in total. The van der Waals surface area contributed by atoms with Crippen molar-refractivity contribution in [2.75, 3.05) is 26.2 Å². The normalized spacial score (nSPS) is 15.9. The Labute approximate surface area is 161 Å². The number of rotatable bonds is 6. The Morgan fingerprint density at radius 1 is 1.15 bits per heavy atom. The van der Waals surface area contributed by atoms with Gasteiger partial charge in [-0.25, -0.2) is 4.98 Å². The molecule has 0 saturated carbocycles. The summed E-state index contributed by atoms with van der Waals surface area (Å²) in [5.41, 5.74) is 1.22. The number of hydrogen-bond donors (Lipinski definition) is 1. The molecule has 1 amide bonds. The first-order valence-corrected chi connectivity index (χ1v) is 9.61. The van der Waals surface area contributed by atoms with Crippen LogP contribution in [0.5, 0.6) is 0 Å². The van der Waals surface area contributed by atoms with Gasteiger partial charge >= 0.3 is 0 Å². The summed E-state index contributed by atoms with van der Waals surface area (Å²) in [5.74, 6) is 1.15. The van der Waals surface area contributed by atoms with Crippen LogP contribution in [0.4, 0.5) is 0 Å². The van der Waals surface area contributed by atoms with E-state index in [9.17, 15) is 9.90 Å². The molecule has 2 aromatic rings. The van der Waals surface area contributed by atoms with Crippen LogP contribution in [0.1, 0.15) is 42.0 Å². The molecule has 1 aliphatic heterocycles. The molecule has 0 spiro atoms. The van der Waals surface area contributed by atoms with E-state index < -0.39 is 5.60 Å². The molecule has 1 aliphatic rings. The summed E-state index contributed by atoms with van der Waals surface area (Å²) in [6.45, 7) is 7.66. The second-order valence-corrected chi connectivity index (χ2v) is 8.03. The Balaban J connectivity index is 1.51. The van der Waals surface area contributed by atoms with Gasteiger partial charge in [0.2, 0.25) is 0 Å². The number of hydrogen-bond acceptors (Lipinski definition) is 4. The van der Waals surface area contributed by atoms with Gasteiger partial charge in [-0.15, -0.1) is 0 Å². The van der Waals surface area contributed by atoms with Crippen molar-refractivity contribution in [3.63, 3.8) is 0 Å². The van der Waals surface area contributed by atoms with E-state index in [-0.39, 0.29) is 5.91 Å². The maximum absolute atomic E-state index is 12.8. The molecule has 1 fully saturated rings. The van der Waals surface area contributed by atoms with E-state index in [0.717, 1.165) is 56.1 Å². The predicted octanol–water partition coefficient (Wildman–Crippen LogP) is 2.08. The Morgan fingerprint density at radius 3 is 2.37 bits per heavy atom. The van der Waals surface area contributed by atoms with Gasteiger partial charge in [-0.3, -0.25) is 9.69 Å². The molecule has 1 saturated heterocycles. The lowest BCUT2D eigenvalue weighted by Gasteiger charge is -2.34. The maximum Gasteiger partial charge on any atom is 0.253 e. The van der Waals surface area contributed by atoms with E-state index in [1.807, 2.05) is 67.0 Å². The zero-order chi connectivity index (χ0) is 19.4. The van der Waals surface area contributed by atoms with Crippen LogP contribution in [-0.4, -0.2) is 62.1 Å². The van der Waals surface area contributed by atoms with Crippen LogP contribution in [0.15, 0.2) is 36.7 Å². The molecule has 1 aromatic carbocycles. The predicted molar refractivity (Wildman–Crippen MR) is 105 cm³/mol. The lowest BCUT2D eigenvalue weighted by Crippen LogP contribution is -2.48. The number of aromatic nitrogens is 2. The third-order valence-electron chi connectivity index (χ3n) is 5.17. The van der Waals surface area contributed by atoms with Gasteiger partial charge < -0.3 is 14.6 Å². The average molecular weight is 370 g/mol. The quantitative estimate of drug-likeness (QED) is 0.846. The fraction of sp³-hybridized carbons (Fsp3) is 0.524. The van der Waals surface area contributed by atoms with Gasteiger partial charge in [-0.2, -0.15) is 0 Å². The van der Waals surface area contributed by atoms with Gasteiger partial charge in [-0.05, 0) is 44.4 Å². The summed E-state index contributed by atoms with van der Waals surface area (Å²) in [7, 11) is 2.01. The molecular formula is C21H30N4O2. The fourth-order valence-electron chi connectivity index (χ4n) is 3.30. The van der Waals surface area contributed by atoms with Gasteiger partial charge in [0, 0.05) is 51.2 Å². The zero-order valence-electron chi connectivity index (χ0n) is 16.6. The summed E-state index contributed by atoms with van der Waals surface area (Å²) in [6, 6.07) is 7.80. The Hall–Kier alpha value is -2.18. The smallest absolute Gasteiger partial charge is 0.253 e. The molecule has 0 aliphatic carbocycles. The van der Waals surface area contributed by atoms with Gasteiger partial charge in [0.25, 0.3) is 5.91 Å². The summed E-state index contributed by atoms with van der Waals surface area (Å²) in [6.07, 6.45) is 5.29. The molecule has 3 rings (SSSR count). The molecule has 1 aromatic heterocycles. The minimum absolute atomic E-state index is 0.0979. The lowest BCUT2D eigenvalue weighted by atomic mass is 9.98. The van der Waals surface area contributed by atoms with Crippen molar-refractivity contribution >= 4 is 5.91 Å². The third kappa shape index (κ3) is 5.40. The summed E-state index contributed by atoms with van der Waals surface area (Å²) in [4.78, 5) is 21.4. The molecule has 6 heteroatoms. The Morgan fingerprint density at radius 2 is 1.81 bits per heavy atom.